The molecule has 3 aromatic rings. The Morgan fingerprint density at radius 1 is 1.09 bits per heavy atom. The summed E-state index contributed by atoms with van der Waals surface area (Å²) >= 11 is 6.31. The standard InChI is InChI=1S/C27H27ClN2O3/c1-17(15-18-9-12-21(33-3)13-10-18)26(31)25-27(32)30(2)23-14-11-20(28)16-22(23)24(29-25)19-7-5-4-6-8-19/h4-14,16-17,25-26,31H,15H2,1-3H3/t17-,25-,26+/m1/s1. The maximum Gasteiger partial charge on any atom is 0.254 e. The lowest BCUT2D eigenvalue weighted by molar-refractivity contribution is -0.122. The van der Waals surface area contributed by atoms with Crippen molar-refractivity contribution in [2.45, 2.75) is 25.5 Å². The zero-order valence-corrected chi connectivity index (χ0v) is 19.7. The van der Waals surface area contributed by atoms with Gasteiger partial charge >= 0.3 is 0 Å². The molecular weight excluding hydrogens is 436 g/mol. The predicted octanol–water partition coefficient (Wildman–Crippen LogP) is 4.77. The first-order valence-corrected chi connectivity index (χ1v) is 11.3. The van der Waals surface area contributed by atoms with Gasteiger partial charge in [0, 0.05) is 23.2 Å². The van der Waals surface area contributed by atoms with Gasteiger partial charge in [-0.15, -0.1) is 0 Å². The summed E-state index contributed by atoms with van der Waals surface area (Å²) in [4.78, 5) is 19.9. The quantitative estimate of drug-likeness (QED) is 0.574. The fourth-order valence-electron chi connectivity index (χ4n) is 4.19. The van der Waals surface area contributed by atoms with Gasteiger partial charge in [0.1, 0.15) is 5.75 Å². The zero-order valence-electron chi connectivity index (χ0n) is 18.9. The number of carbonyl (C=O) groups is 1. The third-order valence-corrected chi connectivity index (χ3v) is 6.33. The Labute approximate surface area is 199 Å². The van der Waals surface area contributed by atoms with Crippen molar-refractivity contribution in [3.63, 3.8) is 0 Å². The molecule has 0 aliphatic carbocycles. The van der Waals surface area contributed by atoms with Crippen LogP contribution in [0.4, 0.5) is 5.69 Å². The van der Waals surface area contributed by atoms with Crippen LogP contribution in [-0.4, -0.2) is 43.0 Å². The molecule has 0 bridgehead atoms. The van der Waals surface area contributed by atoms with E-state index < -0.39 is 12.1 Å². The van der Waals surface area contributed by atoms with Crippen LogP contribution in [0.1, 0.15) is 23.6 Å². The monoisotopic (exact) mass is 462 g/mol. The molecule has 1 heterocycles. The van der Waals surface area contributed by atoms with Crippen molar-refractivity contribution in [3.8, 4) is 5.75 Å². The predicted molar refractivity (Wildman–Crippen MR) is 133 cm³/mol. The number of rotatable bonds is 6. The first-order chi connectivity index (χ1) is 15.9. The molecule has 0 unspecified atom stereocenters. The summed E-state index contributed by atoms with van der Waals surface area (Å²) in [5, 5.41) is 11.9. The molecule has 6 heteroatoms. The molecule has 33 heavy (non-hydrogen) atoms. The van der Waals surface area contributed by atoms with Crippen LogP contribution in [0, 0.1) is 5.92 Å². The van der Waals surface area contributed by atoms with Crippen molar-refractivity contribution in [1.29, 1.82) is 0 Å². The summed E-state index contributed by atoms with van der Waals surface area (Å²) in [7, 11) is 3.34. The first-order valence-electron chi connectivity index (χ1n) is 10.9. The van der Waals surface area contributed by atoms with Crippen LogP contribution in [0.3, 0.4) is 0 Å². The Hall–Kier alpha value is -3.15. The lowest BCUT2D eigenvalue weighted by atomic mass is 9.91. The third-order valence-electron chi connectivity index (χ3n) is 6.10. The smallest absolute Gasteiger partial charge is 0.254 e. The van der Waals surface area contributed by atoms with Crippen LogP contribution in [0.15, 0.2) is 77.8 Å². The Balaban J connectivity index is 1.72. The molecule has 3 atom stereocenters. The van der Waals surface area contributed by atoms with Crippen LogP contribution >= 0.6 is 11.6 Å². The third kappa shape index (κ3) is 4.80. The molecular formula is C27H27ClN2O3. The second-order valence-corrected chi connectivity index (χ2v) is 8.80. The van der Waals surface area contributed by atoms with E-state index in [4.69, 9.17) is 21.3 Å². The number of hydrogen-bond acceptors (Lipinski definition) is 4. The average Bonchev–Trinajstić information content (AvgIpc) is 2.94. The van der Waals surface area contributed by atoms with Gasteiger partial charge in [0.15, 0.2) is 6.04 Å². The molecule has 0 aromatic heterocycles. The van der Waals surface area contributed by atoms with E-state index >= 15 is 0 Å². The highest BCUT2D eigenvalue weighted by atomic mass is 35.5. The van der Waals surface area contributed by atoms with E-state index in [1.165, 1.54) is 0 Å². The molecule has 0 saturated carbocycles. The van der Waals surface area contributed by atoms with Crippen molar-refractivity contribution in [1.82, 2.24) is 0 Å². The molecule has 170 valence electrons. The van der Waals surface area contributed by atoms with E-state index in [1.807, 2.05) is 73.7 Å². The highest BCUT2D eigenvalue weighted by Crippen LogP contribution is 2.32. The molecule has 4 rings (SSSR count). The van der Waals surface area contributed by atoms with Crippen LogP contribution < -0.4 is 9.64 Å². The molecule has 1 aliphatic heterocycles. The fraction of sp³-hybridized carbons (Fsp3) is 0.259. The summed E-state index contributed by atoms with van der Waals surface area (Å²) < 4.78 is 5.22. The van der Waals surface area contributed by atoms with E-state index in [9.17, 15) is 9.90 Å². The van der Waals surface area contributed by atoms with Gasteiger partial charge in [-0.05, 0) is 48.2 Å². The molecule has 1 aliphatic rings. The number of carbonyl (C=O) groups excluding carboxylic acids is 1. The van der Waals surface area contributed by atoms with E-state index in [-0.39, 0.29) is 11.8 Å². The number of hydrogen-bond donors (Lipinski definition) is 1. The first kappa shape index (κ1) is 23.0. The number of likely N-dealkylation sites (N-methyl/N-ethyl adjacent to an activating group) is 1. The average molecular weight is 463 g/mol. The summed E-state index contributed by atoms with van der Waals surface area (Å²) in [6, 6.07) is 21.9. The van der Waals surface area contributed by atoms with Crippen LogP contribution in [0.25, 0.3) is 0 Å². The summed E-state index contributed by atoms with van der Waals surface area (Å²) in [6.45, 7) is 1.94. The Morgan fingerprint density at radius 3 is 2.45 bits per heavy atom. The van der Waals surface area contributed by atoms with Gasteiger partial charge in [0.25, 0.3) is 5.91 Å². The van der Waals surface area contributed by atoms with Gasteiger partial charge in [-0.1, -0.05) is 61.0 Å². The maximum atomic E-state index is 13.5. The van der Waals surface area contributed by atoms with E-state index in [0.29, 0.717) is 22.8 Å². The van der Waals surface area contributed by atoms with Gasteiger partial charge in [0.2, 0.25) is 0 Å². The number of ether oxygens (including phenoxy) is 1. The minimum absolute atomic E-state index is 0.202. The molecule has 1 amide bonds. The number of aliphatic hydroxyl groups excluding tert-OH is 1. The highest BCUT2D eigenvalue weighted by molar-refractivity contribution is 6.32. The summed E-state index contributed by atoms with van der Waals surface area (Å²) in [6.07, 6.45) is -0.362. The number of nitrogens with zero attached hydrogens (tertiary/aromatic N) is 2. The molecule has 3 aromatic carbocycles. The second kappa shape index (κ2) is 9.77. The second-order valence-electron chi connectivity index (χ2n) is 8.37. The number of aliphatic hydroxyl groups is 1. The Kier molecular flexibility index (Phi) is 6.82. The van der Waals surface area contributed by atoms with E-state index in [2.05, 4.69) is 0 Å². The summed E-state index contributed by atoms with van der Waals surface area (Å²) in [5.74, 6) is 0.325. The van der Waals surface area contributed by atoms with E-state index in [0.717, 1.165) is 22.4 Å². The molecule has 0 fully saturated rings. The normalized spacial score (nSPS) is 17.6. The van der Waals surface area contributed by atoms with Crippen molar-refractivity contribution < 1.29 is 14.6 Å². The molecule has 0 saturated heterocycles. The number of benzene rings is 3. The topological polar surface area (TPSA) is 62.1 Å². The highest BCUT2D eigenvalue weighted by Gasteiger charge is 2.37. The Bertz CT molecular complexity index is 1160. The number of aliphatic imine (C=N–C) groups is 1. The van der Waals surface area contributed by atoms with Crippen molar-refractivity contribution in [2.75, 3.05) is 19.1 Å². The lowest BCUT2D eigenvalue weighted by Crippen LogP contribution is -2.44. The molecule has 1 N–H and O–H groups in total. The SMILES string of the molecule is COc1ccc(C[C@@H](C)[C@H](O)[C@H]2N=C(c3ccccc3)c3cc(Cl)ccc3N(C)C2=O)cc1. The number of anilines is 1. The van der Waals surface area contributed by atoms with Gasteiger partial charge < -0.3 is 14.7 Å². The molecule has 0 radical (unpaired) electrons. The van der Waals surface area contributed by atoms with Crippen molar-refractivity contribution in [2.24, 2.45) is 10.9 Å². The van der Waals surface area contributed by atoms with Gasteiger partial charge in [-0.2, -0.15) is 0 Å². The fourth-order valence-corrected chi connectivity index (χ4v) is 4.36. The van der Waals surface area contributed by atoms with Crippen LogP contribution in [-0.2, 0) is 11.2 Å². The minimum atomic E-state index is -0.967. The Morgan fingerprint density at radius 2 is 1.79 bits per heavy atom. The van der Waals surface area contributed by atoms with Gasteiger partial charge in [0.05, 0.1) is 24.6 Å². The lowest BCUT2D eigenvalue weighted by Gasteiger charge is -2.27. The van der Waals surface area contributed by atoms with Crippen molar-refractivity contribution >= 4 is 28.9 Å². The van der Waals surface area contributed by atoms with Gasteiger partial charge in [-0.3, -0.25) is 9.79 Å². The maximum absolute atomic E-state index is 13.5. The van der Waals surface area contributed by atoms with Crippen LogP contribution in [0.5, 0.6) is 5.75 Å². The number of fused-ring (bicyclic) bond motifs is 1. The molecule has 0 spiro atoms. The number of halogens is 1. The molecule has 5 nitrogen and oxygen atoms in total. The minimum Gasteiger partial charge on any atom is -0.497 e. The van der Waals surface area contributed by atoms with Crippen LogP contribution in [0.2, 0.25) is 5.02 Å². The number of methoxy groups -OCH3 is 1. The number of amides is 1. The van der Waals surface area contributed by atoms with E-state index in [1.54, 1.807) is 25.1 Å². The largest absolute Gasteiger partial charge is 0.497 e. The van der Waals surface area contributed by atoms with Gasteiger partial charge in [-0.25, -0.2) is 0 Å². The van der Waals surface area contributed by atoms with Crippen molar-refractivity contribution in [3.05, 3.63) is 94.5 Å². The zero-order chi connectivity index (χ0) is 23.5. The number of benzodiazepines with no additional fused rings is 1. The summed E-state index contributed by atoms with van der Waals surface area (Å²) in [5.41, 5.74) is 4.04.